The van der Waals surface area contributed by atoms with E-state index in [-0.39, 0.29) is 18.1 Å². The van der Waals surface area contributed by atoms with Crippen LogP contribution < -0.4 is 4.74 Å². The predicted octanol–water partition coefficient (Wildman–Crippen LogP) is 7.53. The molecular weight excluding hydrogens is 540 g/mol. The third kappa shape index (κ3) is 9.02. The zero-order valence-electron chi connectivity index (χ0n) is 25.4. The maximum absolute atomic E-state index is 12.9. The molecule has 0 N–H and O–H groups in total. The minimum Gasteiger partial charge on any atom is -0.478 e. The van der Waals surface area contributed by atoms with E-state index in [2.05, 4.69) is 53.5 Å². The highest BCUT2D eigenvalue weighted by molar-refractivity contribution is 5.82. The van der Waals surface area contributed by atoms with Crippen molar-refractivity contribution in [2.45, 2.75) is 64.4 Å². The smallest absolute Gasteiger partial charge is 0.410 e. The molecule has 2 atom stereocenters. The quantitative estimate of drug-likeness (QED) is 0.170. The van der Waals surface area contributed by atoms with Gasteiger partial charge in [-0.1, -0.05) is 72.8 Å². The Bertz CT molecular complexity index is 1450. The van der Waals surface area contributed by atoms with Gasteiger partial charge in [0.1, 0.15) is 5.60 Å². The number of likely N-dealkylation sites (tertiary alicyclic amines) is 1. The first-order valence-electron chi connectivity index (χ1n) is 15.1. The lowest BCUT2D eigenvalue weighted by molar-refractivity contribution is -0.0360. The van der Waals surface area contributed by atoms with Crippen molar-refractivity contribution in [1.29, 1.82) is 0 Å². The van der Waals surface area contributed by atoms with Gasteiger partial charge in [0.2, 0.25) is 5.88 Å². The maximum Gasteiger partial charge on any atom is 0.410 e. The molecule has 1 aliphatic heterocycles. The van der Waals surface area contributed by atoms with E-state index in [9.17, 15) is 4.79 Å². The van der Waals surface area contributed by atoms with Crippen LogP contribution in [-0.2, 0) is 27.4 Å². The summed E-state index contributed by atoms with van der Waals surface area (Å²) >= 11 is 0. The summed E-state index contributed by atoms with van der Waals surface area (Å²) in [6.07, 6.45) is 2.90. The molecule has 1 fully saturated rings. The summed E-state index contributed by atoms with van der Waals surface area (Å²) in [5.74, 6) is 0.679. The average Bonchev–Trinajstić information content (AvgIpc) is 3.01. The number of rotatable bonds is 11. The molecule has 1 amide bonds. The van der Waals surface area contributed by atoms with Gasteiger partial charge in [-0.3, -0.25) is 0 Å². The van der Waals surface area contributed by atoms with Crippen molar-refractivity contribution < 1.29 is 23.7 Å². The fraction of sp³-hybridized carbons (Fsp3) is 0.389. The first-order valence-corrected chi connectivity index (χ1v) is 15.1. The molecule has 0 spiro atoms. The molecule has 1 aromatic heterocycles. The Morgan fingerprint density at radius 2 is 1.67 bits per heavy atom. The Labute approximate surface area is 254 Å². The van der Waals surface area contributed by atoms with Crippen molar-refractivity contribution in [2.24, 2.45) is 0 Å². The van der Waals surface area contributed by atoms with Gasteiger partial charge in [-0.25, -0.2) is 9.78 Å². The van der Waals surface area contributed by atoms with Crippen LogP contribution in [0.15, 0.2) is 91.1 Å². The molecule has 7 nitrogen and oxygen atoms in total. The normalized spacial score (nSPS) is 17.1. The first-order chi connectivity index (χ1) is 20.8. The zero-order valence-corrected chi connectivity index (χ0v) is 25.4. The Kier molecular flexibility index (Phi) is 10.3. The lowest BCUT2D eigenvalue weighted by atomic mass is 9.88. The SMILES string of the molecule is CC(C)(C)OC(=O)N1CCC(c2ccc(OCCCOCc3ccccc3)nc2)C(OCc2ccc3ccccc3c2)C1. The van der Waals surface area contributed by atoms with Gasteiger partial charge in [-0.2, -0.15) is 0 Å². The highest BCUT2D eigenvalue weighted by Crippen LogP contribution is 2.32. The largest absolute Gasteiger partial charge is 0.478 e. The van der Waals surface area contributed by atoms with Gasteiger partial charge in [-0.15, -0.1) is 0 Å². The van der Waals surface area contributed by atoms with Crippen LogP contribution in [0, 0.1) is 0 Å². The lowest BCUT2D eigenvalue weighted by Crippen LogP contribution is -2.48. The monoisotopic (exact) mass is 582 g/mol. The van der Waals surface area contributed by atoms with Crippen molar-refractivity contribution in [3.05, 3.63) is 108 Å². The fourth-order valence-electron chi connectivity index (χ4n) is 5.29. The molecule has 0 aliphatic carbocycles. The third-order valence-electron chi connectivity index (χ3n) is 7.47. The van der Waals surface area contributed by atoms with Crippen LogP contribution >= 0.6 is 0 Å². The van der Waals surface area contributed by atoms with Gasteiger partial charge in [0.05, 0.1) is 39.1 Å². The molecule has 7 heteroatoms. The molecule has 1 aliphatic rings. The van der Waals surface area contributed by atoms with Gasteiger partial charge >= 0.3 is 6.09 Å². The van der Waals surface area contributed by atoms with Gasteiger partial charge in [0.15, 0.2) is 0 Å². The summed E-state index contributed by atoms with van der Waals surface area (Å²) in [6, 6.07) is 28.8. The van der Waals surface area contributed by atoms with Crippen molar-refractivity contribution in [3.8, 4) is 5.88 Å². The molecule has 0 radical (unpaired) electrons. The van der Waals surface area contributed by atoms with Gasteiger partial charge < -0.3 is 23.8 Å². The second kappa shape index (κ2) is 14.5. The number of benzene rings is 3. The highest BCUT2D eigenvalue weighted by atomic mass is 16.6. The van der Waals surface area contributed by atoms with Gasteiger partial charge in [-0.05, 0) is 60.7 Å². The van der Waals surface area contributed by atoms with E-state index >= 15 is 0 Å². The molecular formula is C36H42N2O5. The number of hydrogen-bond donors (Lipinski definition) is 0. The Morgan fingerprint density at radius 3 is 2.44 bits per heavy atom. The number of ether oxygens (including phenoxy) is 4. The predicted molar refractivity (Wildman–Crippen MR) is 168 cm³/mol. The number of pyridine rings is 1. The summed E-state index contributed by atoms with van der Waals surface area (Å²) < 4.78 is 23.8. The molecule has 2 heterocycles. The van der Waals surface area contributed by atoms with E-state index in [0.29, 0.717) is 45.4 Å². The number of fused-ring (bicyclic) bond motifs is 1. The highest BCUT2D eigenvalue weighted by Gasteiger charge is 2.35. The summed E-state index contributed by atoms with van der Waals surface area (Å²) in [6.45, 7) is 8.92. The van der Waals surface area contributed by atoms with Crippen molar-refractivity contribution in [1.82, 2.24) is 9.88 Å². The number of nitrogens with zero attached hydrogens (tertiary/aromatic N) is 2. The van der Waals surface area contributed by atoms with Crippen molar-refractivity contribution in [2.75, 3.05) is 26.3 Å². The van der Waals surface area contributed by atoms with Crippen LogP contribution in [0.1, 0.15) is 56.2 Å². The number of carbonyl (C=O) groups excluding carboxylic acids is 1. The van der Waals surface area contributed by atoms with Crippen LogP contribution in [-0.4, -0.2) is 54.0 Å². The average molecular weight is 583 g/mol. The van der Waals surface area contributed by atoms with Crippen LogP contribution in [0.2, 0.25) is 0 Å². The molecule has 2 unspecified atom stereocenters. The Morgan fingerprint density at radius 1 is 0.884 bits per heavy atom. The minimum atomic E-state index is -0.552. The Hall–Kier alpha value is -3.94. The van der Waals surface area contributed by atoms with E-state index in [4.69, 9.17) is 18.9 Å². The summed E-state index contributed by atoms with van der Waals surface area (Å²) in [5, 5.41) is 2.38. The second-order valence-electron chi connectivity index (χ2n) is 12.0. The first kappa shape index (κ1) is 30.5. The van der Waals surface area contributed by atoms with Crippen molar-refractivity contribution in [3.63, 3.8) is 0 Å². The number of carbonyl (C=O) groups is 1. The maximum atomic E-state index is 12.9. The number of piperidine rings is 1. The van der Waals surface area contributed by atoms with E-state index < -0.39 is 5.60 Å². The standard InChI is InChI=1S/C36H42N2O5/c1-36(2,3)43-35(39)38-19-18-32(33(24-38)42-26-28-14-15-29-12-7-8-13-30(29)22-28)31-16-17-34(37-23-31)41-21-9-20-40-25-27-10-5-4-6-11-27/h4-8,10-17,22-23,32-33H,9,18-21,24-26H2,1-3H3. The molecule has 3 aromatic carbocycles. The van der Waals surface area contributed by atoms with Crippen LogP contribution in [0.3, 0.4) is 0 Å². The summed E-state index contributed by atoms with van der Waals surface area (Å²) in [5.41, 5.74) is 2.79. The molecule has 43 heavy (non-hydrogen) atoms. The van der Waals surface area contributed by atoms with E-state index in [1.807, 2.05) is 63.4 Å². The van der Waals surface area contributed by atoms with Gasteiger partial charge in [0.25, 0.3) is 0 Å². The van der Waals surface area contributed by atoms with E-state index in [1.54, 1.807) is 4.90 Å². The number of amides is 1. The molecule has 0 bridgehead atoms. The van der Waals surface area contributed by atoms with Crippen LogP contribution in [0.4, 0.5) is 4.79 Å². The second-order valence-corrected chi connectivity index (χ2v) is 12.0. The molecule has 226 valence electrons. The lowest BCUT2D eigenvalue weighted by Gasteiger charge is -2.39. The zero-order chi connectivity index (χ0) is 30.1. The van der Waals surface area contributed by atoms with E-state index in [1.165, 1.54) is 10.8 Å². The third-order valence-corrected chi connectivity index (χ3v) is 7.47. The van der Waals surface area contributed by atoms with Crippen LogP contribution in [0.5, 0.6) is 5.88 Å². The van der Waals surface area contributed by atoms with Crippen molar-refractivity contribution >= 4 is 16.9 Å². The van der Waals surface area contributed by atoms with Gasteiger partial charge in [0, 0.05) is 31.1 Å². The number of aromatic nitrogens is 1. The molecule has 0 saturated carbocycles. The minimum absolute atomic E-state index is 0.0899. The molecule has 4 aromatic rings. The Balaban J connectivity index is 1.18. The topological polar surface area (TPSA) is 70.1 Å². The summed E-state index contributed by atoms with van der Waals surface area (Å²) in [7, 11) is 0. The molecule has 5 rings (SSSR count). The fourth-order valence-corrected chi connectivity index (χ4v) is 5.29. The van der Waals surface area contributed by atoms with E-state index in [0.717, 1.165) is 29.5 Å². The number of hydrogen-bond acceptors (Lipinski definition) is 6. The molecule has 1 saturated heterocycles. The van der Waals surface area contributed by atoms with Crippen LogP contribution in [0.25, 0.3) is 10.8 Å². The summed E-state index contributed by atoms with van der Waals surface area (Å²) in [4.78, 5) is 19.3.